The van der Waals surface area contributed by atoms with Crippen molar-refractivity contribution in [3.8, 4) is 0 Å². The average Bonchev–Trinajstić information content (AvgIpc) is 1.89. The van der Waals surface area contributed by atoms with E-state index < -0.39 is 0 Å². The van der Waals surface area contributed by atoms with Gasteiger partial charge in [-0.15, -0.1) is 0 Å². The van der Waals surface area contributed by atoms with E-state index in [1.54, 1.807) is 14.0 Å². The lowest BCUT2D eigenvalue weighted by Crippen LogP contribution is -2.26. The highest BCUT2D eigenvalue weighted by Gasteiger charge is 1.95. The lowest BCUT2D eigenvalue weighted by Gasteiger charge is -2.08. The van der Waals surface area contributed by atoms with Gasteiger partial charge in [0, 0.05) is 7.11 Å². The minimum absolute atomic E-state index is 0.319. The van der Waals surface area contributed by atoms with Gasteiger partial charge >= 0.3 is 0 Å². The summed E-state index contributed by atoms with van der Waals surface area (Å²) in [5.41, 5.74) is 1.95. The first kappa shape index (κ1) is 8.84. The molecular formula is C5H13NO3. The molecule has 0 heterocycles. The Morgan fingerprint density at radius 1 is 1.56 bits per heavy atom. The number of hydrogen-bond acceptors (Lipinski definition) is 4. The second kappa shape index (κ2) is 5.97. The Kier molecular flexibility index (Phi) is 5.86. The van der Waals surface area contributed by atoms with Gasteiger partial charge in [-0.1, -0.05) is 0 Å². The predicted molar refractivity (Wildman–Crippen MR) is 32.2 cm³/mol. The van der Waals surface area contributed by atoms with E-state index in [2.05, 4.69) is 0 Å². The second-order valence-corrected chi connectivity index (χ2v) is 1.63. The molecule has 0 aliphatic carbocycles. The van der Waals surface area contributed by atoms with Crippen molar-refractivity contribution < 1.29 is 14.7 Å². The van der Waals surface area contributed by atoms with E-state index in [4.69, 9.17) is 14.7 Å². The van der Waals surface area contributed by atoms with Crippen LogP contribution in [0.15, 0.2) is 0 Å². The Bertz CT molecular complexity index is 60.2. The molecule has 1 atom stereocenters. The van der Waals surface area contributed by atoms with Crippen molar-refractivity contribution in [3.63, 3.8) is 0 Å². The van der Waals surface area contributed by atoms with Crippen LogP contribution in [-0.2, 0) is 9.47 Å². The molecule has 0 aliphatic heterocycles. The molecule has 0 amide bonds. The van der Waals surface area contributed by atoms with Crippen LogP contribution in [0.2, 0.25) is 0 Å². The number of rotatable bonds is 5. The number of ether oxygens (including phenoxy) is 2. The van der Waals surface area contributed by atoms with Gasteiger partial charge in [-0.25, -0.2) is 0 Å². The topological polar surface area (TPSA) is 50.7 Å². The predicted octanol–water partition coefficient (Wildman–Crippen LogP) is -0.0258. The molecule has 56 valence electrons. The lowest BCUT2D eigenvalue weighted by molar-refractivity contribution is -0.0545. The molecule has 1 unspecified atom stereocenters. The molecule has 0 rings (SSSR count). The monoisotopic (exact) mass is 135 g/mol. The maximum Gasteiger partial charge on any atom is 0.127 e. The van der Waals surface area contributed by atoms with Gasteiger partial charge in [0.25, 0.3) is 0 Å². The third kappa shape index (κ3) is 5.72. The fourth-order valence-corrected chi connectivity index (χ4v) is 0.345. The summed E-state index contributed by atoms with van der Waals surface area (Å²) in [4.78, 5) is 0. The summed E-state index contributed by atoms with van der Waals surface area (Å²) in [6.45, 7) is 2.74. The van der Waals surface area contributed by atoms with Gasteiger partial charge in [0.05, 0.1) is 13.2 Å². The molecule has 0 fully saturated rings. The van der Waals surface area contributed by atoms with Gasteiger partial charge in [-0.3, -0.25) is 0 Å². The standard InChI is InChI=1S/C5H13NO3/c1-5(6-7)9-4-3-8-2/h5-7H,3-4H2,1-2H3. The van der Waals surface area contributed by atoms with Crippen LogP contribution in [0.3, 0.4) is 0 Å². The first-order chi connectivity index (χ1) is 4.31. The van der Waals surface area contributed by atoms with Crippen LogP contribution in [0, 0.1) is 0 Å². The van der Waals surface area contributed by atoms with Gasteiger partial charge < -0.3 is 14.7 Å². The Balaban J connectivity index is 2.88. The van der Waals surface area contributed by atoms with Crippen LogP contribution in [0.25, 0.3) is 0 Å². The Labute approximate surface area is 54.7 Å². The largest absolute Gasteiger partial charge is 0.382 e. The van der Waals surface area contributed by atoms with Gasteiger partial charge in [0.1, 0.15) is 6.23 Å². The van der Waals surface area contributed by atoms with E-state index in [0.717, 1.165) is 0 Å². The van der Waals surface area contributed by atoms with E-state index in [0.29, 0.717) is 13.2 Å². The van der Waals surface area contributed by atoms with Crippen molar-refractivity contribution in [2.75, 3.05) is 20.3 Å². The summed E-state index contributed by atoms with van der Waals surface area (Å²) in [6.07, 6.45) is -0.319. The Morgan fingerprint density at radius 2 is 2.22 bits per heavy atom. The summed E-state index contributed by atoms with van der Waals surface area (Å²) in [7, 11) is 1.60. The van der Waals surface area contributed by atoms with Gasteiger partial charge in [0.2, 0.25) is 0 Å². The zero-order valence-electron chi connectivity index (χ0n) is 5.76. The number of hydrogen-bond donors (Lipinski definition) is 2. The fourth-order valence-electron chi connectivity index (χ4n) is 0.345. The molecular weight excluding hydrogens is 122 g/mol. The quantitative estimate of drug-likeness (QED) is 0.316. The molecule has 0 aromatic carbocycles. The van der Waals surface area contributed by atoms with Crippen molar-refractivity contribution in [1.82, 2.24) is 5.48 Å². The first-order valence-electron chi connectivity index (χ1n) is 2.81. The van der Waals surface area contributed by atoms with Crippen LogP contribution >= 0.6 is 0 Å². The SMILES string of the molecule is COCCOC(C)NO. The zero-order valence-corrected chi connectivity index (χ0v) is 5.76. The molecule has 0 aromatic heterocycles. The summed E-state index contributed by atoms with van der Waals surface area (Å²) >= 11 is 0. The van der Waals surface area contributed by atoms with Crippen molar-refractivity contribution in [2.24, 2.45) is 0 Å². The number of hydroxylamine groups is 1. The zero-order chi connectivity index (χ0) is 7.11. The molecule has 4 heteroatoms. The van der Waals surface area contributed by atoms with E-state index in [1.165, 1.54) is 0 Å². The molecule has 0 aromatic rings. The first-order valence-corrected chi connectivity index (χ1v) is 2.81. The third-order valence-electron chi connectivity index (χ3n) is 0.837. The van der Waals surface area contributed by atoms with E-state index in [1.807, 2.05) is 5.48 Å². The maximum atomic E-state index is 8.22. The number of nitrogens with one attached hydrogen (secondary N) is 1. The normalized spacial score (nSPS) is 13.7. The third-order valence-corrected chi connectivity index (χ3v) is 0.837. The van der Waals surface area contributed by atoms with Crippen LogP contribution in [0.5, 0.6) is 0 Å². The molecule has 0 aliphatic rings. The molecule has 0 bridgehead atoms. The van der Waals surface area contributed by atoms with Gasteiger partial charge in [-0.2, -0.15) is 5.48 Å². The second-order valence-electron chi connectivity index (χ2n) is 1.63. The van der Waals surface area contributed by atoms with E-state index >= 15 is 0 Å². The fraction of sp³-hybridized carbons (Fsp3) is 1.00. The van der Waals surface area contributed by atoms with Crippen molar-refractivity contribution in [3.05, 3.63) is 0 Å². The van der Waals surface area contributed by atoms with Crippen molar-refractivity contribution in [2.45, 2.75) is 13.2 Å². The highest BCUT2D eigenvalue weighted by molar-refractivity contribution is 4.34. The smallest absolute Gasteiger partial charge is 0.127 e. The number of methoxy groups -OCH3 is 1. The molecule has 9 heavy (non-hydrogen) atoms. The summed E-state index contributed by atoms with van der Waals surface area (Å²) in [6, 6.07) is 0. The van der Waals surface area contributed by atoms with Crippen LogP contribution in [-0.4, -0.2) is 31.8 Å². The maximum absolute atomic E-state index is 8.22. The minimum Gasteiger partial charge on any atom is -0.382 e. The van der Waals surface area contributed by atoms with Crippen molar-refractivity contribution in [1.29, 1.82) is 0 Å². The van der Waals surface area contributed by atoms with Gasteiger partial charge in [0.15, 0.2) is 0 Å². The molecule has 0 saturated carbocycles. The molecule has 0 spiro atoms. The van der Waals surface area contributed by atoms with Crippen LogP contribution in [0.1, 0.15) is 6.92 Å². The molecule has 2 N–H and O–H groups in total. The van der Waals surface area contributed by atoms with Crippen LogP contribution < -0.4 is 5.48 Å². The molecule has 0 radical (unpaired) electrons. The average molecular weight is 135 g/mol. The highest BCUT2D eigenvalue weighted by atomic mass is 16.6. The van der Waals surface area contributed by atoms with Crippen molar-refractivity contribution >= 4 is 0 Å². The Morgan fingerprint density at radius 3 is 2.67 bits per heavy atom. The Hall–Kier alpha value is -0.160. The summed E-state index contributed by atoms with van der Waals surface area (Å²) in [5, 5.41) is 8.22. The van der Waals surface area contributed by atoms with E-state index in [-0.39, 0.29) is 6.23 Å². The molecule has 4 nitrogen and oxygen atoms in total. The lowest BCUT2D eigenvalue weighted by atomic mass is 10.7. The minimum atomic E-state index is -0.319. The van der Waals surface area contributed by atoms with E-state index in [9.17, 15) is 0 Å². The highest BCUT2D eigenvalue weighted by Crippen LogP contribution is 1.82. The summed E-state index contributed by atoms with van der Waals surface area (Å²) in [5.74, 6) is 0. The summed E-state index contributed by atoms with van der Waals surface area (Å²) < 4.78 is 9.65. The molecule has 0 saturated heterocycles. The van der Waals surface area contributed by atoms with Gasteiger partial charge in [-0.05, 0) is 6.92 Å². The van der Waals surface area contributed by atoms with Crippen LogP contribution in [0.4, 0.5) is 0 Å².